The second-order valence-corrected chi connectivity index (χ2v) is 53.4. The number of fused-ring (bicyclic) bond motifs is 8. The quantitative estimate of drug-likeness (QED) is 0.0854. The van der Waals surface area contributed by atoms with E-state index in [0.29, 0.717) is 11.8 Å². The van der Waals surface area contributed by atoms with Gasteiger partial charge in [0.1, 0.15) is 0 Å². The molecule has 2 unspecified atom stereocenters. The molecule has 9 rings (SSSR count). The summed E-state index contributed by atoms with van der Waals surface area (Å²) >= 11 is -0.754. The van der Waals surface area contributed by atoms with Crippen LogP contribution >= 0.6 is 22.7 Å². The van der Waals surface area contributed by atoms with Crippen molar-refractivity contribution in [3.05, 3.63) is 97.1 Å². The van der Waals surface area contributed by atoms with Crippen LogP contribution in [0.3, 0.4) is 0 Å². The van der Waals surface area contributed by atoms with Gasteiger partial charge in [-0.1, -0.05) is 53.4 Å². The molecule has 6 heteroatoms. The van der Waals surface area contributed by atoms with E-state index in [2.05, 4.69) is 186 Å². The summed E-state index contributed by atoms with van der Waals surface area (Å²) in [6.45, 7) is 11.6. The summed E-state index contributed by atoms with van der Waals surface area (Å²) < 4.78 is 11.6. The van der Waals surface area contributed by atoms with Crippen molar-refractivity contribution in [2.24, 2.45) is 11.8 Å². The number of aromatic nitrogens is 2. The van der Waals surface area contributed by atoms with E-state index in [-0.39, 0.29) is 0 Å². The Balaban J connectivity index is 1.30. The van der Waals surface area contributed by atoms with Crippen LogP contribution in [0.15, 0.2) is 97.1 Å². The van der Waals surface area contributed by atoms with Crippen LogP contribution in [0.2, 0.25) is 29.6 Å². The normalized spacial score (nSPS) is 13.8. The zero-order chi connectivity index (χ0) is 43.5. The van der Waals surface area contributed by atoms with Crippen molar-refractivity contribution in [3.8, 4) is 22.3 Å². The Kier molecular flexibility index (Phi) is 12.8. The minimum atomic E-state index is -2.51. The molecule has 0 saturated carbocycles. The van der Waals surface area contributed by atoms with Crippen molar-refractivity contribution < 1.29 is 0 Å². The van der Waals surface area contributed by atoms with Gasteiger partial charge in [-0.2, -0.15) is 0 Å². The third kappa shape index (κ3) is 8.12. The van der Waals surface area contributed by atoms with Crippen LogP contribution in [0, 0.1) is 11.8 Å². The Labute approximate surface area is 387 Å². The van der Waals surface area contributed by atoms with E-state index < -0.39 is 36.8 Å². The Hall–Kier alpha value is -2.78. The first-order chi connectivity index (χ1) is 29.8. The zero-order valence-electron chi connectivity index (χ0n) is 39.2. The predicted octanol–water partition coefficient (Wildman–Crippen LogP) is 17.2. The second kappa shape index (κ2) is 17.9. The van der Waals surface area contributed by atoms with Crippen LogP contribution in [-0.2, 0) is 13.1 Å². The van der Waals surface area contributed by atoms with Crippen LogP contribution in [0.1, 0.15) is 79.1 Å². The second-order valence-electron chi connectivity index (χ2n) is 20.5. The first-order valence-corrected chi connectivity index (χ1v) is 45.5. The molecule has 0 amide bonds. The summed E-state index contributed by atoms with van der Waals surface area (Å²) in [5.74, 6) is 1.38. The molecule has 4 aromatic heterocycles. The Morgan fingerprint density at radius 2 is 0.839 bits per heavy atom. The van der Waals surface area contributed by atoms with Gasteiger partial charge in [0.25, 0.3) is 0 Å². The molecule has 5 aromatic carbocycles. The van der Waals surface area contributed by atoms with E-state index >= 15 is 0 Å². The summed E-state index contributed by atoms with van der Waals surface area (Å²) in [5.41, 5.74) is 11.2. The molecule has 9 aromatic rings. The standard InChI is InChI=1S/C50H50N2S2.6CH3.2Sn/c1-5-9-15-33(7-3)31-51-43-19-13-11-17-37(43)41-29-35(21-23-45(41)51)47-39-25-27-54-50(39)48(40-26-28-53-49(40)47)36-22-24-46-42(30-36)38-18-12-14-20-44(38)52(46)32-34(8-4)16-10-6-2;;;;;;;;/h11-14,17-26,29-30,33-34H,5-10,15-16,31-32H2,1-4H3;6*1H3;;. The topological polar surface area (TPSA) is 9.86 Å². The summed E-state index contributed by atoms with van der Waals surface area (Å²) in [5, 5.41) is 8.50. The first kappa shape index (κ1) is 44.4. The van der Waals surface area contributed by atoms with Gasteiger partial charge >= 0.3 is 338 Å². The Morgan fingerprint density at radius 3 is 1.21 bits per heavy atom. The molecule has 0 radical (unpaired) electrons. The van der Waals surface area contributed by atoms with Crippen molar-refractivity contribution in [3.63, 3.8) is 0 Å². The van der Waals surface area contributed by atoms with Crippen molar-refractivity contribution >= 4 is 129 Å². The molecule has 2 atom stereocenters. The summed E-state index contributed by atoms with van der Waals surface area (Å²) in [6, 6.07) is 38.8. The molecule has 0 fully saturated rings. The van der Waals surface area contributed by atoms with E-state index in [1.165, 1.54) is 137 Å². The average Bonchev–Trinajstić information content (AvgIpc) is 4.05. The first-order valence-electron chi connectivity index (χ1n) is 23.9. The molecule has 0 spiro atoms. The number of rotatable bonds is 16. The van der Waals surface area contributed by atoms with Gasteiger partial charge < -0.3 is 0 Å². The minimum absolute atomic E-state index is 0.691. The van der Waals surface area contributed by atoms with Gasteiger partial charge in [-0.3, -0.25) is 0 Å². The average molecular weight is 1070 g/mol. The Bertz CT molecular complexity index is 2810. The number of benzene rings is 5. The van der Waals surface area contributed by atoms with Gasteiger partial charge in [0.05, 0.1) is 0 Å². The van der Waals surface area contributed by atoms with E-state index in [1.807, 2.05) is 0 Å². The molecule has 0 aliphatic carbocycles. The van der Waals surface area contributed by atoms with Crippen molar-refractivity contribution in [1.82, 2.24) is 9.13 Å². The van der Waals surface area contributed by atoms with Crippen LogP contribution in [0.25, 0.3) is 86.0 Å². The fourth-order valence-electron chi connectivity index (χ4n) is 10.2. The number of hydrogen-bond acceptors (Lipinski definition) is 2. The maximum absolute atomic E-state index is 2.67. The van der Waals surface area contributed by atoms with Gasteiger partial charge in [0.15, 0.2) is 0 Å². The van der Waals surface area contributed by atoms with Crippen molar-refractivity contribution in [1.29, 1.82) is 0 Å². The van der Waals surface area contributed by atoms with Crippen molar-refractivity contribution in [2.45, 2.75) is 122 Å². The molecule has 0 bridgehead atoms. The van der Waals surface area contributed by atoms with Gasteiger partial charge in [-0.15, -0.1) is 0 Å². The van der Waals surface area contributed by atoms with Gasteiger partial charge in [-0.05, 0) is 0 Å². The van der Waals surface area contributed by atoms with E-state index in [0.717, 1.165) is 13.1 Å². The van der Waals surface area contributed by atoms with Gasteiger partial charge in [-0.25, -0.2) is 0 Å². The Morgan fingerprint density at radius 1 is 0.452 bits per heavy atom. The molecule has 322 valence electrons. The summed E-state index contributed by atoms with van der Waals surface area (Å²) in [6.07, 6.45) is 10.2. The van der Waals surface area contributed by atoms with E-state index in [4.69, 9.17) is 0 Å². The predicted molar refractivity (Wildman–Crippen MR) is 287 cm³/mol. The number of thiophene rings is 2. The van der Waals surface area contributed by atoms with Gasteiger partial charge in [0, 0.05) is 0 Å². The number of para-hydroxylation sites is 2. The molecule has 4 heterocycles. The number of unbranched alkanes of at least 4 members (excludes halogenated alkanes) is 2. The SMILES string of the molecule is CCCCC(CC)Cn1c2ccccc2c2cc(-c3c4c[c]([Sn]([CH3])([CH3])[CH3])sc4c(-c4ccc5c(c4)c4ccccc4n5CC(CC)CCCC)c4c[c]([Sn]([CH3])([CH3])[CH3])sc34)ccc21. The molecule has 0 saturated heterocycles. The van der Waals surface area contributed by atoms with Crippen LogP contribution in [0.5, 0.6) is 0 Å². The van der Waals surface area contributed by atoms with Crippen molar-refractivity contribution in [2.75, 3.05) is 0 Å². The molecule has 0 aliphatic heterocycles. The molecular weight excluding hydrogens is 1000 g/mol. The molecule has 0 aliphatic rings. The zero-order valence-corrected chi connectivity index (χ0v) is 46.5. The third-order valence-electron chi connectivity index (χ3n) is 14.0. The summed E-state index contributed by atoms with van der Waals surface area (Å²) in [7, 11) is 0. The van der Waals surface area contributed by atoms with Crippen LogP contribution < -0.4 is 5.79 Å². The van der Waals surface area contributed by atoms with Crippen LogP contribution in [-0.4, -0.2) is 45.9 Å². The fraction of sp³-hybridized carbons (Fsp3) is 0.393. The molecule has 2 nitrogen and oxygen atoms in total. The summed E-state index contributed by atoms with van der Waals surface area (Å²) in [4.78, 5) is 15.6. The molecule has 0 N–H and O–H groups in total. The van der Waals surface area contributed by atoms with E-state index in [9.17, 15) is 0 Å². The maximum atomic E-state index is 2.67. The monoisotopic (exact) mass is 1070 g/mol. The van der Waals surface area contributed by atoms with E-state index in [1.54, 1.807) is 5.79 Å². The van der Waals surface area contributed by atoms with Gasteiger partial charge in [0.2, 0.25) is 0 Å². The van der Waals surface area contributed by atoms with Crippen LogP contribution in [0.4, 0.5) is 0 Å². The third-order valence-corrected chi connectivity index (χ3v) is 35.2. The number of hydrogen-bond donors (Lipinski definition) is 0. The molecule has 62 heavy (non-hydrogen) atoms. The fourth-order valence-corrected chi connectivity index (χ4v) is 23.1. The number of nitrogens with zero attached hydrogens (tertiary/aromatic N) is 2. The molecular formula is C56H68N2S2Sn2.